The van der Waals surface area contributed by atoms with Crippen molar-refractivity contribution in [3.05, 3.63) is 63.4 Å². The van der Waals surface area contributed by atoms with Crippen molar-refractivity contribution in [1.29, 1.82) is 0 Å². The second kappa shape index (κ2) is 4.80. The van der Waals surface area contributed by atoms with Crippen LogP contribution in [0.1, 0.15) is 27.2 Å². The smallest absolute Gasteiger partial charge is 0.211 e. The van der Waals surface area contributed by atoms with Crippen LogP contribution in [0.15, 0.2) is 41.0 Å². The average Bonchev–Trinajstić information content (AvgIpc) is 2.29. The van der Waals surface area contributed by atoms with E-state index in [1.165, 1.54) is 0 Å². The quantitative estimate of drug-likeness (QED) is 0.789. The predicted molar refractivity (Wildman–Crippen MR) is 71.3 cm³/mol. The van der Waals surface area contributed by atoms with Gasteiger partial charge in [0.2, 0.25) is 5.78 Å². The second-order valence-corrected chi connectivity index (χ2v) is 4.92. The van der Waals surface area contributed by atoms with Crippen LogP contribution < -0.4 is 0 Å². The van der Waals surface area contributed by atoms with Crippen molar-refractivity contribution in [2.24, 2.45) is 0 Å². The largest absolute Gasteiger partial charge is 0.287 e. The highest BCUT2D eigenvalue weighted by Gasteiger charge is 2.12. The molecule has 3 heteroatoms. The Balaban J connectivity index is 2.40. The number of carbonyl (C=O) groups is 1. The number of carbonyl (C=O) groups excluding carboxylic acids is 1. The highest BCUT2D eigenvalue weighted by Crippen LogP contribution is 2.16. The third-order valence-corrected chi connectivity index (χ3v) is 3.06. The first-order valence-corrected chi connectivity index (χ1v) is 6.11. The third-order valence-electron chi connectivity index (χ3n) is 2.59. The molecule has 1 heterocycles. The first-order valence-electron chi connectivity index (χ1n) is 5.31. The Labute approximate surface area is 109 Å². The maximum absolute atomic E-state index is 12.2. The van der Waals surface area contributed by atoms with Crippen molar-refractivity contribution in [3.8, 4) is 0 Å². The van der Waals surface area contributed by atoms with E-state index in [9.17, 15) is 4.79 Å². The molecule has 0 saturated heterocycles. The first-order chi connectivity index (χ1) is 8.08. The van der Waals surface area contributed by atoms with Crippen LogP contribution in [0.3, 0.4) is 0 Å². The molecule has 0 spiro atoms. The molecule has 0 N–H and O–H groups in total. The monoisotopic (exact) mass is 289 g/mol. The number of ketones is 1. The molecule has 0 aliphatic heterocycles. The van der Waals surface area contributed by atoms with Gasteiger partial charge in [-0.25, -0.2) is 0 Å². The van der Waals surface area contributed by atoms with E-state index < -0.39 is 0 Å². The minimum absolute atomic E-state index is 0.0324. The molecule has 1 aromatic carbocycles. The Morgan fingerprint density at radius 1 is 1.18 bits per heavy atom. The average molecular weight is 290 g/mol. The summed E-state index contributed by atoms with van der Waals surface area (Å²) in [4.78, 5) is 16.3. The van der Waals surface area contributed by atoms with Crippen LogP contribution in [-0.4, -0.2) is 10.8 Å². The molecule has 0 radical (unpaired) electrons. The van der Waals surface area contributed by atoms with Crippen LogP contribution in [0.2, 0.25) is 0 Å². The van der Waals surface area contributed by atoms with Gasteiger partial charge < -0.3 is 0 Å². The van der Waals surface area contributed by atoms with Crippen LogP contribution in [-0.2, 0) is 0 Å². The fraction of sp³-hybridized carbons (Fsp3) is 0.143. The lowest BCUT2D eigenvalue weighted by Crippen LogP contribution is -2.05. The number of halogens is 1. The molecule has 86 valence electrons. The van der Waals surface area contributed by atoms with E-state index in [1.54, 1.807) is 12.3 Å². The van der Waals surface area contributed by atoms with Crippen molar-refractivity contribution in [1.82, 2.24) is 4.98 Å². The van der Waals surface area contributed by atoms with Crippen LogP contribution in [0.4, 0.5) is 0 Å². The fourth-order valence-electron chi connectivity index (χ4n) is 1.72. The molecule has 0 bridgehead atoms. The zero-order valence-electron chi connectivity index (χ0n) is 9.70. The topological polar surface area (TPSA) is 30.0 Å². The van der Waals surface area contributed by atoms with Gasteiger partial charge in [0.05, 0.1) is 0 Å². The zero-order valence-corrected chi connectivity index (χ0v) is 11.3. The minimum atomic E-state index is -0.0324. The Hall–Kier alpha value is -1.48. The molecular weight excluding hydrogens is 278 g/mol. The fourth-order valence-corrected chi connectivity index (χ4v) is 1.95. The van der Waals surface area contributed by atoms with E-state index in [2.05, 4.69) is 20.9 Å². The van der Waals surface area contributed by atoms with Crippen molar-refractivity contribution in [3.63, 3.8) is 0 Å². The molecule has 2 aromatic rings. The Kier molecular flexibility index (Phi) is 3.38. The number of aryl methyl sites for hydroxylation is 2. The summed E-state index contributed by atoms with van der Waals surface area (Å²) in [6, 6.07) is 9.36. The molecular formula is C14H12BrNO. The van der Waals surface area contributed by atoms with Crippen LogP contribution in [0.25, 0.3) is 0 Å². The van der Waals surface area contributed by atoms with E-state index in [-0.39, 0.29) is 5.78 Å². The van der Waals surface area contributed by atoms with Crippen molar-refractivity contribution in [2.75, 3.05) is 0 Å². The number of pyridine rings is 1. The Bertz CT molecular complexity index is 561. The summed E-state index contributed by atoms with van der Waals surface area (Å²) in [5, 5.41) is 0. The standard InChI is InChI=1S/C14H12BrNO/c1-9-3-5-12(10(2)7-9)14(17)13-6-4-11(15)8-16-13/h3-8H,1-2H3. The number of rotatable bonds is 2. The minimum Gasteiger partial charge on any atom is -0.287 e. The van der Waals surface area contributed by atoms with Gasteiger partial charge in [-0.3, -0.25) is 9.78 Å². The van der Waals surface area contributed by atoms with Gasteiger partial charge in [0.25, 0.3) is 0 Å². The summed E-state index contributed by atoms with van der Waals surface area (Å²) in [5.74, 6) is -0.0324. The van der Waals surface area contributed by atoms with Crippen LogP contribution >= 0.6 is 15.9 Å². The molecule has 0 atom stereocenters. The molecule has 17 heavy (non-hydrogen) atoms. The Morgan fingerprint density at radius 3 is 2.53 bits per heavy atom. The van der Waals surface area contributed by atoms with Crippen LogP contribution in [0, 0.1) is 13.8 Å². The van der Waals surface area contributed by atoms with Gasteiger partial charge in [-0.05, 0) is 47.5 Å². The molecule has 2 nitrogen and oxygen atoms in total. The van der Waals surface area contributed by atoms with E-state index in [0.29, 0.717) is 11.3 Å². The predicted octanol–water partition coefficient (Wildman–Crippen LogP) is 3.69. The highest BCUT2D eigenvalue weighted by molar-refractivity contribution is 9.10. The highest BCUT2D eigenvalue weighted by atomic mass is 79.9. The molecule has 0 unspecified atom stereocenters. The van der Waals surface area contributed by atoms with Gasteiger partial charge in [-0.2, -0.15) is 0 Å². The number of benzene rings is 1. The maximum Gasteiger partial charge on any atom is 0.211 e. The van der Waals surface area contributed by atoms with E-state index in [1.807, 2.05) is 38.1 Å². The number of aromatic nitrogens is 1. The molecule has 1 aromatic heterocycles. The van der Waals surface area contributed by atoms with Crippen molar-refractivity contribution >= 4 is 21.7 Å². The normalized spacial score (nSPS) is 10.3. The third kappa shape index (κ3) is 2.61. The molecule has 2 rings (SSSR count). The van der Waals surface area contributed by atoms with Gasteiger partial charge in [0, 0.05) is 16.2 Å². The number of hydrogen-bond acceptors (Lipinski definition) is 2. The molecule has 0 saturated carbocycles. The molecule has 0 aliphatic carbocycles. The summed E-state index contributed by atoms with van der Waals surface area (Å²) >= 11 is 3.30. The van der Waals surface area contributed by atoms with E-state index in [4.69, 9.17) is 0 Å². The second-order valence-electron chi connectivity index (χ2n) is 4.01. The van der Waals surface area contributed by atoms with Gasteiger partial charge >= 0.3 is 0 Å². The summed E-state index contributed by atoms with van der Waals surface area (Å²) in [5.41, 5.74) is 3.33. The van der Waals surface area contributed by atoms with Crippen molar-refractivity contribution in [2.45, 2.75) is 13.8 Å². The zero-order chi connectivity index (χ0) is 12.4. The molecule has 0 aliphatic rings. The van der Waals surface area contributed by atoms with Gasteiger partial charge in [-0.1, -0.05) is 23.8 Å². The van der Waals surface area contributed by atoms with Gasteiger partial charge in [0.15, 0.2) is 0 Å². The van der Waals surface area contributed by atoms with Crippen molar-refractivity contribution < 1.29 is 4.79 Å². The summed E-state index contributed by atoms with van der Waals surface area (Å²) < 4.78 is 0.870. The number of nitrogens with zero attached hydrogens (tertiary/aromatic N) is 1. The summed E-state index contributed by atoms with van der Waals surface area (Å²) in [6.07, 6.45) is 1.64. The maximum atomic E-state index is 12.2. The lowest BCUT2D eigenvalue weighted by atomic mass is 10.0. The molecule has 0 amide bonds. The first kappa shape index (κ1) is 12.0. The van der Waals surface area contributed by atoms with Gasteiger partial charge in [-0.15, -0.1) is 0 Å². The Morgan fingerprint density at radius 2 is 1.94 bits per heavy atom. The lowest BCUT2D eigenvalue weighted by molar-refractivity contribution is 0.103. The van der Waals surface area contributed by atoms with Gasteiger partial charge in [0.1, 0.15) is 5.69 Å². The lowest BCUT2D eigenvalue weighted by Gasteiger charge is -2.05. The SMILES string of the molecule is Cc1ccc(C(=O)c2ccc(Br)cn2)c(C)c1. The summed E-state index contributed by atoms with van der Waals surface area (Å²) in [7, 11) is 0. The van der Waals surface area contributed by atoms with Crippen LogP contribution in [0.5, 0.6) is 0 Å². The van der Waals surface area contributed by atoms with E-state index in [0.717, 1.165) is 15.6 Å². The number of hydrogen-bond donors (Lipinski definition) is 0. The van der Waals surface area contributed by atoms with E-state index >= 15 is 0 Å². The summed E-state index contributed by atoms with van der Waals surface area (Å²) in [6.45, 7) is 3.96. The molecule has 0 fully saturated rings.